The Morgan fingerprint density at radius 2 is 1.55 bits per heavy atom. The molecule has 1 aliphatic heterocycles. The van der Waals surface area contributed by atoms with Crippen LogP contribution < -0.4 is 4.74 Å². The van der Waals surface area contributed by atoms with Crippen LogP contribution in [-0.4, -0.2) is 23.6 Å². The molecule has 0 radical (unpaired) electrons. The number of nitrogens with zero attached hydrogens (tertiary/aromatic N) is 1. The molecule has 0 saturated heterocycles. The summed E-state index contributed by atoms with van der Waals surface area (Å²) in [6.07, 6.45) is 4.92. The molecule has 0 spiro atoms. The predicted octanol–water partition coefficient (Wildman–Crippen LogP) is 7.33. The highest BCUT2D eigenvalue weighted by Gasteiger charge is 2.46. The Labute approximate surface area is 235 Å². The number of hydrogen-bond donors (Lipinski definition) is 0. The van der Waals surface area contributed by atoms with E-state index in [-0.39, 0.29) is 23.8 Å². The van der Waals surface area contributed by atoms with E-state index in [1.165, 1.54) is 0 Å². The predicted molar refractivity (Wildman–Crippen MR) is 155 cm³/mol. The number of aliphatic imine (C=N–C) groups is 1. The van der Waals surface area contributed by atoms with Crippen molar-refractivity contribution in [3.8, 4) is 5.75 Å². The SMILES string of the molecule is CC1=NC2=C(C(=O)C[C@H](c3ccccc3)C2)[C@H](c2ccccc2OCc2ccccc2)C1C(=O)OC1CCCC1. The van der Waals surface area contributed by atoms with Crippen LogP contribution in [0.2, 0.25) is 0 Å². The maximum absolute atomic E-state index is 14.0. The molecular weight excluding hydrogens is 498 g/mol. The number of para-hydroxylation sites is 1. The molecule has 6 rings (SSSR count). The number of benzene rings is 3. The molecule has 0 bridgehead atoms. The van der Waals surface area contributed by atoms with Gasteiger partial charge in [0.05, 0.1) is 0 Å². The number of ether oxygens (including phenoxy) is 2. The van der Waals surface area contributed by atoms with Crippen molar-refractivity contribution in [1.29, 1.82) is 0 Å². The van der Waals surface area contributed by atoms with E-state index in [1.807, 2.05) is 79.7 Å². The molecule has 40 heavy (non-hydrogen) atoms. The summed E-state index contributed by atoms with van der Waals surface area (Å²) in [6.45, 7) is 2.30. The number of carbonyl (C=O) groups is 2. The van der Waals surface area contributed by atoms with Crippen LogP contribution in [0.15, 0.2) is 101 Å². The Morgan fingerprint density at radius 3 is 2.30 bits per heavy atom. The van der Waals surface area contributed by atoms with Gasteiger partial charge in [-0.2, -0.15) is 0 Å². The molecule has 0 aromatic heterocycles. The number of hydrogen-bond acceptors (Lipinski definition) is 5. The molecule has 0 amide bonds. The van der Waals surface area contributed by atoms with E-state index in [1.54, 1.807) is 0 Å². The topological polar surface area (TPSA) is 65.0 Å². The summed E-state index contributed by atoms with van der Waals surface area (Å²) in [5.74, 6) is -0.671. The van der Waals surface area contributed by atoms with Crippen molar-refractivity contribution in [3.63, 3.8) is 0 Å². The summed E-state index contributed by atoms with van der Waals surface area (Å²) in [5, 5.41) is 0. The third-order valence-electron chi connectivity index (χ3n) is 8.49. The van der Waals surface area contributed by atoms with Gasteiger partial charge in [0.1, 0.15) is 24.4 Å². The van der Waals surface area contributed by atoms with Crippen molar-refractivity contribution in [2.75, 3.05) is 0 Å². The minimum Gasteiger partial charge on any atom is -0.489 e. The Balaban J connectivity index is 1.39. The van der Waals surface area contributed by atoms with Crippen LogP contribution >= 0.6 is 0 Å². The molecule has 2 aliphatic carbocycles. The molecule has 3 aromatic rings. The van der Waals surface area contributed by atoms with Gasteiger partial charge in [0, 0.05) is 34.9 Å². The zero-order chi connectivity index (χ0) is 27.5. The summed E-state index contributed by atoms with van der Waals surface area (Å²) in [4.78, 5) is 32.8. The minimum atomic E-state index is -0.668. The van der Waals surface area contributed by atoms with Gasteiger partial charge < -0.3 is 9.47 Å². The van der Waals surface area contributed by atoms with Crippen LogP contribution in [0.25, 0.3) is 0 Å². The molecule has 1 heterocycles. The smallest absolute Gasteiger partial charge is 0.315 e. The van der Waals surface area contributed by atoms with Crippen LogP contribution in [0.5, 0.6) is 5.75 Å². The standard InChI is InChI=1S/C35H35NO4/c1-23-32(35(38)40-27-16-8-9-17-27)33(28-18-10-11-19-31(28)39-22-24-12-4-2-5-13-24)34-29(36-23)20-26(21-30(34)37)25-14-6-3-7-15-25/h2-7,10-15,18-19,26-27,32-33H,8-9,16-17,20-22H2,1H3/t26-,32?,33-/m1/s1. The molecule has 1 unspecified atom stereocenters. The number of esters is 1. The monoisotopic (exact) mass is 533 g/mol. The highest BCUT2D eigenvalue weighted by molar-refractivity contribution is 6.09. The fraction of sp³-hybridized carbons (Fsp3) is 0.343. The van der Waals surface area contributed by atoms with Crippen molar-refractivity contribution in [1.82, 2.24) is 0 Å². The lowest BCUT2D eigenvalue weighted by Crippen LogP contribution is -2.39. The van der Waals surface area contributed by atoms with Crippen LogP contribution in [0.4, 0.5) is 0 Å². The number of allylic oxidation sites excluding steroid dienone is 2. The van der Waals surface area contributed by atoms with Gasteiger partial charge in [0.15, 0.2) is 5.78 Å². The normalized spacial score (nSPS) is 23.0. The molecule has 3 aliphatic rings. The molecule has 5 nitrogen and oxygen atoms in total. The second-order valence-corrected chi connectivity index (χ2v) is 11.2. The van der Waals surface area contributed by atoms with Crippen LogP contribution in [0.1, 0.15) is 74.0 Å². The third kappa shape index (κ3) is 5.38. The van der Waals surface area contributed by atoms with Crippen molar-refractivity contribution in [2.45, 2.75) is 70.0 Å². The fourth-order valence-electron chi connectivity index (χ4n) is 6.51. The molecule has 3 atom stereocenters. The summed E-state index contributed by atoms with van der Waals surface area (Å²) >= 11 is 0. The van der Waals surface area contributed by atoms with E-state index >= 15 is 0 Å². The summed E-state index contributed by atoms with van der Waals surface area (Å²) in [5.41, 5.74) is 5.15. The quantitative estimate of drug-likeness (QED) is 0.298. The Morgan fingerprint density at radius 1 is 0.875 bits per heavy atom. The van der Waals surface area contributed by atoms with Crippen molar-refractivity contribution < 1.29 is 19.1 Å². The van der Waals surface area contributed by atoms with Crippen molar-refractivity contribution in [3.05, 3.63) is 113 Å². The van der Waals surface area contributed by atoms with Gasteiger partial charge in [0.2, 0.25) is 0 Å². The second-order valence-electron chi connectivity index (χ2n) is 11.2. The van der Waals surface area contributed by atoms with Gasteiger partial charge in [-0.1, -0.05) is 78.9 Å². The number of Topliss-reactive ketones (excluding diaryl/α,β-unsaturated/α-hetero) is 1. The van der Waals surface area contributed by atoms with Crippen molar-refractivity contribution >= 4 is 17.5 Å². The van der Waals surface area contributed by atoms with E-state index in [0.717, 1.165) is 48.1 Å². The van der Waals surface area contributed by atoms with E-state index in [4.69, 9.17) is 14.5 Å². The first-order valence-corrected chi connectivity index (χ1v) is 14.4. The Kier molecular flexibility index (Phi) is 7.63. The molecule has 1 fully saturated rings. The van der Waals surface area contributed by atoms with Crippen LogP contribution in [0.3, 0.4) is 0 Å². The average molecular weight is 534 g/mol. The molecule has 1 saturated carbocycles. The van der Waals surface area contributed by atoms with E-state index in [9.17, 15) is 9.59 Å². The van der Waals surface area contributed by atoms with Crippen LogP contribution in [-0.2, 0) is 20.9 Å². The summed E-state index contributed by atoms with van der Waals surface area (Å²) < 4.78 is 12.4. The molecule has 204 valence electrons. The number of ketones is 1. The molecule has 3 aromatic carbocycles. The third-order valence-corrected chi connectivity index (χ3v) is 8.49. The first-order chi connectivity index (χ1) is 19.6. The summed E-state index contributed by atoms with van der Waals surface area (Å²) in [6, 6.07) is 28.0. The highest BCUT2D eigenvalue weighted by atomic mass is 16.5. The van der Waals surface area contributed by atoms with Gasteiger partial charge in [-0.3, -0.25) is 14.6 Å². The number of rotatable bonds is 7. The largest absolute Gasteiger partial charge is 0.489 e. The molecule has 0 N–H and O–H groups in total. The van der Waals surface area contributed by atoms with E-state index < -0.39 is 11.8 Å². The maximum Gasteiger partial charge on any atom is 0.315 e. The lowest BCUT2D eigenvalue weighted by Gasteiger charge is -2.37. The Hall–Kier alpha value is -3.99. The van der Waals surface area contributed by atoms with Gasteiger partial charge in [-0.25, -0.2) is 0 Å². The maximum atomic E-state index is 14.0. The Bertz CT molecular complexity index is 1440. The van der Waals surface area contributed by atoms with Gasteiger partial charge in [-0.05, 0) is 62.1 Å². The van der Waals surface area contributed by atoms with E-state index in [2.05, 4.69) is 12.1 Å². The fourth-order valence-corrected chi connectivity index (χ4v) is 6.51. The van der Waals surface area contributed by atoms with E-state index in [0.29, 0.717) is 36.5 Å². The second kappa shape index (κ2) is 11.6. The van der Waals surface area contributed by atoms with Gasteiger partial charge in [-0.15, -0.1) is 0 Å². The van der Waals surface area contributed by atoms with Crippen molar-refractivity contribution in [2.24, 2.45) is 10.9 Å². The number of carbonyl (C=O) groups excluding carboxylic acids is 2. The van der Waals surface area contributed by atoms with Gasteiger partial charge >= 0.3 is 5.97 Å². The first kappa shape index (κ1) is 26.2. The zero-order valence-corrected chi connectivity index (χ0v) is 22.9. The lowest BCUT2D eigenvalue weighted by atomic mass is 9.69. The first-order valence-electron chi connectivity index (χ1n) is 14.4. The highest BCUT2D eigenvalue weighted by Crippen LogP contribution is 2.49. The van der Waals surface area contributed by atoms with Crippen LogP contribution in [0, 0.1) is 5.92 Å². The summed E-state index contributed by atoms with van der Waals surface area (Å²) in [7, 11) is 0. The molecular formula is C35H35NO4. The lowest BCUT2D eigenvalue weighted by molar-refractivity contribution is -0.151. The average Bonchev–Trinajstić information content (AvgIpc) is 3.49. The minimum absolute atomic E-state index is 0.0490. The zero-order valence-electron chi connectivity index (χ0n) is 22.9. The molecule has 5 heteroatoms. The van der Waals surface area contributed by atoms with Gasteiger partial charge in [0.25, 0.3) is 0 Å².